The van der Waals surface area contributed by atoms with E-state index in [0.29, 0.717) is 0 Å². The fourth-order valence-electron chi connectivity index (χ4n) is 4.47. The van der Waals surface area contributed by atoms with Crippen molar-refractivity contribution in [3.8, 4) is 6.07 Å². The van der Waals surface area contributed by atoms with Gasteiger partial charge in [-0.2, -0.15) is 10.4 Å². The zero-order valence-corrected chi connectivity index (χ0v) is 12.9. The monoisotopic (exact) mass is 302 g/mol. The highest BCUT2D eigenvalue weighted by Gasteiger charge is 2.58. The first-order chi connectivity index (χ1) is 10.6. The van der Waals surface area contributed by atoms with Crippen LogP contribution in [0, 0.1) is 23.7 Å². The molecule has 2 aliphatic carbocycles. The summed E-state index contributed by atoms with van der Waals surface area (Å²) in [6, 6.07) is 2.50. The molecule has 2 N–H and O–H groups in total. The minimum atomic E-state index is -0.448. The van der Waals surface area contributed by atoms with E-state index in [-0.39, 0.29) is 11.2 Å². The molecule has 1 aromatic rings. The number of hydrogen-bond acceptors (Lipinski definition) is 5. The van der Waals surface area contributed by atoms with Gasteiger partial charge in [-0.05, 0) is 38.0 Å². The third-order valence-corrected chi connectivity index (χ3v) is 5.66. The fourth-order valence-corrected chi connectivity index (χ4v) is 4.47. The van der Waals surface area contributed by atoms with Crippen LogP contribution in [0.2, 0.25) is 0 Å². The second-order valence-corrected chi connectivity index (χ2v) is 7.16. The van der Waals surface area contributed by atoms with Crippen LogP contribution in [0.5, 0.6) is 0 Å². The number of nitriles is 1. The number of ether oxygens (including phenoxy) is 2. The van der Waals surface area contributed by atoms with E-state index in [0.717, 1.165) is 63.1 Å². The Bertz CT molecular complexity index is 594. The summed E-state index contributed by atoms with van der Waals surface area (Å²) in [6.45, 7) is 3.38. The third-order valence-electron chi connectivity index (χ3n) is 5.66. The summed E-state index contributed by atoms with van der Waals surface area (Å²) in [5, 5.41) is 20.0. The number of nitrogens with one attached hydrogen (secondary N) is 2. The largest absolute Gasteiger partial charge is 0.365 e. The van der Waals surface area contributed by atoms with Crippen molar-refractivity contribution in [1.29, 1.82) is 5.26 Å². The van der Waals surface area contributed by atoms with Gasteiger partial charge in [0.2, 0.25) is 0 Å². The number of aromatic nitrogens is 2. The van der Waals surface area contributed by atoms with Crippen LogP contribution >= 0.6 is 0 Å². The van der Waals surface area contributed by atoms with Gasteiger partial charge in [-0.1, -0.05) is 0 Å². The van der Waals surface area contributed by atoms with Crippen molar-refractivity contribution in [3.05, 3.63) is 11.9 Å². The molecule has 0 radical (unpaired) electrons. The standard InChI is InChI=1S/C16H22N4O2/c1-12-13(8-18-20-12)19-15(11-17)9-14(10-15)2-4-16(5-3-14)21-6-7-22-16/h8,19H,2-7,9-10H2,1H3,(H,18,20). The maximum Gasteiger partial charge on any atom is 0.168 e. The quantitative estimate of drug-likeness (QED) is 0.877. The van der Waals surface area contributed by atoms with Crippen molar-refractivity contribution in [2.75, 3.05) is 18.5 Å². The number of rotatable bonds is 2. The lowest BCUT2D eigenvalue weighted by Crippen LogP contribution is -2.58. The van der Waals surface area contributed by atoms with Crippen LogP contribution < -0.4 is 5.32 Å². The van der Waals surface area contributed by atoms with E-state index in [1.165, 1.54) is 0 Å². The van der Waals surface area contributed by atoms with E-state index in [4.69, 9.17) is 9.47 Å². The van der Waals surface area contributed by atoms with Gasteiger partial charge in [0.1, 0.15) is 5.54 Å². The Morgan fingerprint density at radius 3 is 2.45 bits per heavy atom. The van der Waals surface area contributed by atoms with E-state index >= 15 is 0 Å². The summed E-state index contributed by atoms with van der Waals surface area (Å²) in [6.07, 6.45) is 7.72. The van der Waals surface area contributed by atoms with Crippen LogP contribution in [0.15, 0.2) is 6.20 Å². The highest BCUT2D eigenvalue weighted by atomic mass is 16.7. The zero-order valence-electron chi connectivity index (χ0n) is 12.9. The van der Waals surface area contributed by atoms with Crippen molar-refractivity contribution in [1.82, 2.24) is 10.2 Å². The normalized spacial score (nSPS) is 27.5. The molecule has 6 heteroatoms. The summed E-state index contributed by atoms with van der Waals surface area (Å²) in [4.78, 5) is 0. The molecular formula is C16H22N4O2. The molecule has 3 fully saturated rings. The van der Waals surface area contributed by atoms with E-state index in [1.807, 2.05) is 13.1 Å². The predicted octanol–water partition coefficient (Wildman–Crippen LogP) is 2.49. The molecule has 22 heavy (non-hydrogen) atoms. The van der Waals surface area contributed by atoms with Crippen molar-refractivity contribution in [2.45, 2.75) is 56.8 Å². The molecule has 0 bridgehead atoms. The minimum Gasteiger partial charge on any atom is -0.365 e. The van der Waals surface area contributed by atoms with Crippen molar-refractivity contribution < 1.29 is 9.47 Å². The summed E-state index contributed by atoms with van der Waals surface area (Å²) in [5.74, 6) is -0.315. The van der Waals surface area contributed by atoms with E-state index in [1.54, 1.807) is 0 Å². The summed E-state index contributed by atoms with van der Waals surface area (Å²) < 4.78 is 11.6. The molecular weight excluding hydrogens is 280 g/mol. The lowest BCUT2D eigenvalue weighted by molar-refractivity contribution is -0.201. The van der Waals surface area contributed by atoms with Crippen LogP contribution in [0.25, 0.3) is 0 Å². The lowest BCUT2D eigenvalue weighted by atomic mass is 9.52. The maximum atomic E-state index is 9.65. The molecule has 0 unspecified atom stereocenters. The number of aryl methyl sites for hydroxylation is 1. The van der Waals surface area contributed by atoms with E-state index < -0.39 is 5.54 Å². The molecule has 2 heterocycles. The molecule has 1 saturated heterocycles. The molecule has 0 atom stereocenters. The van der Waals surface area contributed by atoms with Crippen LogP contribution in [0.3, 0.4) is 0 Å². The molecule has 4 rings (SSSR count). The van der Waals surface area contributed by atoms with Gasteiger partial charge < -0.3 is 14.8 Å². The van der Waals surface area contributed by atoms with Gasteiger partial charge in [-0.15, -0.1) is 0 Å². The first-order valence-electron chi connectivity index (χ1n) is 8.06. The topological polar surface area (TPSA) is 83.0 Å². The molecule has 118 valence electrons. The first kappa shape index (κ1) is 14.0. The average Bonchev–Trinajstić information content (AvgIpc) is 3.10. The van der Waals surface area contributed by atoms with Gasteiger partial charge in [-0.3, -0.25) is 5.10 Å². The Kier molecular flexibility index (Phi) is 3.00. The Hall–Kier alpha value is -1.58. The number of nitrogens with zero attached hydrogens (tertiary/aromatic N) is 2. The summed E-state index contributed by atoms with van der Waals surface area (Å²) in [5.41, 5.74) is 1.68. The Balaban J connectivity index is 1.42. The fraction of sp³-hybridized carbons (Fsp3) is 0.750. The zero-order chi connectivity index (χ0) is 15.3. The number of H-pyrrole nitrogens is 1. The third kappa shape index (κ3) is 2.11. The molecule has 0 amide bonds. The van der Waals surface area contributed by atoms with E-state index in [9.17, 15) is 5.26 Å². The molecule has 1 aromatic heterocycles. The van der Waals surface area contributed by atoms with Gasteiger partial charge in [-0.25, -0.2) is 0 Å². The van der Waals surface area contributed by atoms with E-state index in [2.05, 4.69) is 21.6 Å². The SMILES string of the molecule is Cc1n[nH]cc1NC1(C#N)CC2(CCC3(CC2)OCCO3)C1. The smallest absolute Gasteiger partial charge is 0.168 e. The Morgan fingerprint density at radius 2 is 1.91 bits per heavy atom. The maximum absolute atomic E-state index is 9.65. The number of aromatic amines is 1. The highest BCUT2D eigenvalue weighted by Crippen LogP contribution is 2.59. The van der Waals surface area contributed by atoms with Crippen LogP contribution in [0.1, 0.15) is 44.2 Å². The van der Waals surface area contributed by atoms with Gasteiger partial charge in [0.05, 0.1) is 30.7 Å². The van der Waals surface area contributed by atoms with Crippen LogP contribution in [-0.4, -0.2) is 34.7 Å². The Labute approximate surface area is 130 Å². The molecule has 3 aliphatic rings. The Morgan fingerprint density at radius 1 is 1.23 bits per heavy atom. The molecule has 2 spiro atoms. The van der Waals surface area contributed by atoms with Crippen molar-refractivity contribution in [3.63, 3.8) is 0 Å². The molecule has 0 aromatic carbocycles. The molecule has 2 saturated carbocycles. The van der Waals surface area contributed by atoms with Gasteiger partial charge >= 0.3 is 0 Å². The minimum absolute atomic E-state index is 0.279. The first-order valence-corrected chi connectivity index (χ1v) is 8.06. The van der Waals surface area contributed by atoms with Crippen molar-refractivity contribution in [2.24, 2.45) is 5.41 Å². The lowest BCUT2D eigenvalue weighted by Gasteiger charge is -2.57. The van der Waals surface area contributed by atoms with Crippen molar-refractivity contribution >= 4 is 5.69 Å². The number of hydrogen-bond donors (Lipinski definition) is 2. The van der Waals surface area contributed by atoms with Gasteiger partial charge in [0.15, 0.2) is 5.79 Å². The molecule has 1 aliphatic heterocycles. The van der Waals surface area contributed by atoms with Crippen LogP contribution in [-0.2, 0) is 9.47 Å². The van der Waals surface area contributed by atoms with Gasteiger partial charge in [0.25, 0.3) is 0 Å². The molecule has 6 nitrogen and oxygen atoms in total. The predicted molar refractivity (Wildman–Crippen MR) is 80.1 cm³/mol. The second kappa shape index (κ2) is 4.71. The van der Waals surface area contributed by atoms with Crippen LogP contribution in [0.4, 0.5) is 5.69 Å². The second-order valence-electron chi connectivity index (χ2n) is 7.16. The van der Waals surface area contributed by atoms with Gasteiger partial charge in [0, 0.05) is 19.0 Å². The number of anilines is 1. The summed E-state index contributed by atoms with van der Waals surface area (Å²) in [7, 11) is 0. The summed E-state index contributed by atoms with van der Waals surface area (Å²) >= 11 is 0. The average molecular weight is 302 g/mol. The highest BCUT2D eigenvalue weighted by molar-refractivity contribution is 5.51.